The van der Waals surface area contributed by atoms with Gasteiger partial charge in [0.1, 0.15) is 5.60 Å². The van der Waals surface area contributed by atoms with E-state index in [-0.39, 0.29) is 18.1 Å². The Hall–Kier alpha value is -3.02. The fourth-order valence-electron chi connectivity index (χ4n) is 4.69. The van der Waals surface area contributed by atoms with Crippen LogP contribution in [0.15, 0.2) is 36.4 Å². The number of carbonyl (C=O) groups is 2. The molecule has 4 rings (SSSR count). The van der Waals surface area contributed by atoms with Gasteiger partial charge in [-0.2, -0.15) is 0 Å². The smallest absolute Gasteiger partial charge is 0.410 e. The van der Waals surface area contributed by atoms with Gasteiger partial charge in [0.05, 0.1) is 17.7 Å². The summed E-state index contributed by atoms with van der Waals surface area (Å²) in [5.74, 6) is -0.297. The number of piperidine rings is 1. The summed E-state index contributed by atoms with van der Waals surface area (Å²) < 4.78 is 13.2. The van der Waals surface area contributed by atoms with Crippen LogP contribution in [0, 0.1) is 6.92 Å². The first-order chi connectivity index (χ1) is 15.2. The normalized spacial score (nSPS) is 15.3. The van der Waals surface area contributed by atoms with Crippen LogP contribution in [0.5, 0.6) is 0 Å². The molecule has 32 heavy (non-hydrogen) atoms. The highest BCUT2D eigenvalue weighted by atomic mass is 16.6. The summed E-state index contributed by atoms with van der Waals surface area (Å²) in [6, 6.07) is 12.5. The summed E-state index contributed by atoms with van der Waals surface area (Å²) in [7, 11) is 0. The molecular weight excluding hydrogens is 404 g/mol. The van der Waals surface area contributed by atoms with Crippen molar-refractivity contribution in [2.45, 2.75) is 59.1 Å². The molecule has 0 saturated carbocycles. The molecule has 1 aromatic heterocycles. The third-order valence-corrected chi connectivity index (χ3v) is 6.00. The van der Waals surface area contributed by atoms with Crippen LogP contribution in [0.4, 0.5) is 4.79 Å². The van der Waals surface area contributed by atoms with E-state index in [1.165, 1.54) is 10.8 Å². The second kappa shape index (κ2) is 8.49. The lowest BCUT2D eigenvalue weighted by molar-refractivity contribution is 0.0190. The molecule has 1 fully saturated rings. The first-order valence-electron chi connectivity index (χ1n) is 11.4. The second-order valence-electron chi connectivity index (χ2n) is 9.49. The molecule has 2 aromatic carbocycles. The van der Waals surface area contributed by atoms with Crippen molar-refractivity contribution in [3.63, 3.8) is 0 Å². The Balaban J connectivity index is 1.72. The Kier molecular flexibility index (Phi) is 5.89. The molecular formula is C26H32N2O4. The van der Waals surface area contributed by atoms with Gasteiger partial charge in [-0.05, 0) is 71.2 Å². The summed E-state index contributed by atoms with van der Waals surface area (Å²) in [5.41, 5.74) is 3.34. The Morgan fingerprint density at radius 1 is 1.06 bits per heavy atom. The van der Waals surface area contributed by atoms with E-state index in [0.717, 1.165) is 29.4 Å². The van der Waals surface area contributed by atoms with Gasteiger partial charge >= 0.3 is 12.1 Å². The number of hydrogen-bond donors (Lipinski definition) is 0. The van der Waals surface area contributed by atoms with Crippen molar-refractivity contribution in [2.24, 2.45) is 0 Å². The van der Waals surface area contributed by atoms with Crippen molar-refractivity contribution in [1.29, 1.82) is 0 Å². The summed E-state index contributed by atoms with van der Waals surface area (Å²) in [4.78, 5) is 26.8. The standard InChI is InChI=1S/C26H32N2O4/c1-6-31-24(29)18-15-17(2)23-20-9-7-8-10-21(20)28(22(23)16-18)19-11-13-27(14-12-19)25(30)32-26(3,4)5/h7-10,15-16,19H,6,11-14H2,1-5H3. The molecule has 1 aliphatic heterocycles. The third kappa shape index (κ3) is 4.18. The van der Waals surface area contributed by atoms with E-state index in [1.54, 1.807) is 4.90 Å². The average Bonchev–Trinajstić information content (AvgIpc) is 3.07. The Morgan fingerprint density at radius 3 is 2.41 bits per heavy atom. The van der Waals surface area contributed by atoms with Crippen LogP contribution >= 0.6 is 0 Å². The van der Waals surface area contributed by atoms with E-state index < -0.39 is 5.60 Å². The number of carbonyl (C=O) groups excluding carboxylic acids is 2. The van der Waals surface area contributed by atoms with E-state index >= 15 is 0 Å². The van der Waals surface area contributed by atoms with Gasteiger partial charge in [-0.25, -0.2) is 9.59 Å². The number of esters is 1. The number of hydrogen-bond acceptors (Lipinski definition) is 4. The third-order valence-electron chi connectivity index (χ3n) is 6.00. The molecule has 6 heteroatoms. The van der Waals surface area contributed by atoms with Gasteiger partial charge in [-0.3, -0.25) is 0 Å². The molecule has 2 heterocycles. The van der Waals surface area contributed by atoms with E-state index in [0.29, 0.717) is 25.3 Å². The monoisotopic (exact) mass is 436 g/mol. The predicted octanol–water partition coefficient (Wildman–Crippen LogP) is 5.85. The zero-order valence-corrected chi connectivity index (χ0v) is 19.6. The number of aromatic nitrogens is 1. The predicted molar refractivity (Wildman–Crippen MR) is 126 cm³/mol. The number of nitrogens with zero attached hydrogens (tertiary/aromatic N) is 2. The zero-order valence-electron chi connectivity index (χ0n) is 19.6. The number of aryl methyl sites for hydroxylation is 1. The summed E-state index contributed by atoms with van der Waals surface area (Å²) in [6.07, 6.45) is 1.41. The van der Waals surface area contributed by atoms with Crippen LogP contribution in [-0.2, 0) is 9.47 Å². The van der Waals surface area contributed by atoms with Gasteiger partial charge in [-0.15, -0.1) is 0 Å². The van der Waals surface area contributed by atoms with Gasteiger partial charge in [-0.1, -0.05) is 18.2 Å². The van der Waals surface area contributed by atoms with E-state index in [1.807, 2.05) is 46.8 Å². The molecule has 170 valence electrons. The largest absolute Gasteiger partial charge is 0.462 e. The van der Waals surface area contributed by atoms with Gasteiger partial charge in [0.15, 0.2) is 0 Å². The molecule has 6 nitrogen and oxygen atoms in total. The number of fused-ring (bicyclic) bond motifs is 3. The van der Waals surface area contributed by atoms with Crippen molar-refractivity contribution >= 4 is 33.9 Å². The average molecular weight is 437 g/mol. The molecule has 1 aliphatic rings. The number of ether oxygens (including phenoxy) is 2. The van der Waals surface area contributed by atoms with Crippen molar-refractivity contribution in [3.8, 4) is 0 Å². The van der Waals surface area contributed by atoms with Crippen molar-refractivity contribution in [1.82, 2.24) is 9.47 Å². The maximum Gasteiger partial charge on any atom is 0.410 e. The first kappa shape index (κ1) is 22.2. The fourth-order valence-corrected chi connectivity index (χ4v) is 4.69. The number of para-hydroxylation sites is 1. The minimum Gasteiger partial charge on any atom is -0.462 e. The number of benzene rings is 2. The maximum absolute atomic E-state index is 12.5. The second-order valence-corrected chi connectivity index (χ2v) is 9.49. The lowest BCUT2D eigenvalue weighted by atomic mass is 10.0. The van der Waals surface area contributed by atoms with Crippen molar-refractivity contribution in [3.05, 3.63) is 47.5 Å². The molecule has 0 spiro atoms. The van der Waals surface area contributed by atoms with E-state index in [4.69, 9.17) is 9.47 Å². The SMILES string of the molecule is CCOC(=O)c1cc(C)c2c3ccccc3n(C3CCN(C(=O)OC(C)(C)C)CC3)c2c1. The Labute approximate surface area is 189 Å². The highest BCUT2D eigenvalue weighted by Crippen LogP contribution is 2.38. The zero-order chi connectivity index (χ0) is 23.0. The molecule has 3 aromatic rings. The Bertz CT molecular complexity index is 1160. The summed E-state index contributed by atoms with van der Waals surface area (Å²) in [6.45, 7) is 11.2. The quantitative estimate of drug-likeness (QED) is 0.483. The van der Waals surface area contributed by atoms with Crippen LogP contribution in [0.2, 0.25) is 0 Å². The number of likely N-dealkylation sites (tertiary alicyclic amines) is 1. The molecule has 1 saturated heterocycles. The van der Waals surface area contributed by atoms with Gasteiger partial charge in [0.2, 0.25) is 0 Å². The fraction of sp³-hybridized carbons (Fsp3) is 0.462. The van der Waals surface area contributed by atoms with Gasteiger partial charge < -0.3 is 18.9 Å². The van der Waals surface area contributed by atoms with Crippen molar-refractivity contribution in [2.75, 3.05) is 19.7 Å². The Morgan fingerprint density at radius 2 is 1.75 bits per heavy atom. The minimum atomic E-state index is -0.498. The lowest BCUT2D eigenvalue weighted by Crippen LogP contribution is -2.42. The van der Waals surface area contributed by atoms with E-state index in [9.17, 15) is 9.59 Å². The van der Waals surface area contributed by atoms with Crippen molar-refractivity contribution < 1.29 is 19.1 Å². The lowest BCUT2D eigenvalue weighted by Gasteiger charge is -2.34. The summed E-state index contributed by atoms with van der Waals surface area (Å²) in [5, 5.41) is 2.35. The van der Waals surface area contributed by atoms with Crippen LogP contribution in [-0.4, -0.2) is 46.8 Å². The maximum atomic E-state index is 12.5. The first-order valence-corrected chi connectivity index (χ1v) is 11.4. The van der Waals surface area contributed by atoms with Crippen LogP contribution in [0.1, 0.15) is 62.5 Å². The van der Waals surface area contributed by atoms with Gasteiger partial charge in [0.25, 0.3) is 0 Å². The number of amides is 1. The molecule has 0 bridgehead atoms. The molecule has 0 unspecified atom stereocenters. The van der Waals surface area contributed by atoms with Gasteiger partial charge in [0, 0.05) is 35.4 Å². The highest BCUT2D eigenvalue weighted by Gasteiger charge is 2.29. The molecule has 1 amide bonds. The van der Waals surface area contributed by atoms with Crippen LogP contribution < -0.4 is 0 Å². The number of rotatable bonds is 3. The van der Waals surface area contributed by atoms with Crippen LogP contribution in [0.3, 0.4) is 0 Å². The topological polar surface area (TPSA) is 60.8 Å². The molecule has 0 N–H and O–H groups in total. The minimum absolute atomic E-state index is 0.230. The molecule has 0 atom stereocenters. The molecule has 0 aliphatic carbocycles. The highest BCUT2D eigenvalue weighted by molar-refractivity contribution is 6.11. The summed E-state index contributed by atoms with van der Waals surface area (Å²) >= 11 is 0. The van der Waals surface area contributed by atoms with E-state index in [2.05, 4.69) is 28.8 Å². The van der Waals surface area contributed by atoms with Crippen LogP contribution in [0.25, 0.3) is 21.8 Å². The molecule has 0 radical (unpaired) electrons.